The first-order valence-electron chi connectivity index (χ1n) is 5.36. The average Bonchev–Trinajstić information content (AvgIpc) is 2.76. The molecular weight excluding hydrogens is 336 g/mol. The molecule has 96 valence electrons. The molecule has 0 aliphatic heterocycles. The minimum atomic E-state index is -0.564. The Hall–Kier alpha value is -0.550. The second-order valence-corrected chi connectivity index (χ2v) is 6.48. The van der Waals surface area contributed by atoms with Crippen molar-refractivity contribution in [3.05, 3.63) is 49.6 Å². The van der Waals surface area contributed by atoms with Gasteiger partial charge in [-0.1, -0.05) is 27.5 Å². The van der Waals surface area contributed by atoms with Crippen LogP contribution in [-0.2, 0) is 6.42 Å². The van der Waals surface area contributed by atoms with Gasteiger partial charge in [0.05, 0.1) is 17.6 Å². The summed E-state index contributed by atoms with van der Waals surface area (Å²) in [6.07, 6.45) is -0.0647. The average molecular weight is 348 g/mol. The number of aliphatic hydroxyl groups excluding tert-OH is 1. The van der Waals surface area contributed by atoms with E-state index in [9.17, 15) is 5.11 Å². The van der Waals surface area contributed by atoms with Crippen molar-refractivity contribution >= 4 is 38.9 Å². The van der Waals surface area contributed by atoms with Crippen LogP contribution in [0.5, 0.6) is 5.75 Å². The fraction of sp³-hybridized carbons (Fsp3) is 0.231. The van der Waals surface area contributed by atoms with Crippen LogP contribution in [0.3, 0.4) is 0 Å². The molecule has 2 aromatic rings. The molecular formula is C13H12BrClO2S. The van der Waals surface area contributed by atoms with Gasteiger partial charge in [-0.05, 0) is 35.9 Å². The monoisotopic (exact) mass is 346 g/mol. The summed E-state index contributed by atoms with van der Waals surface area (Å²) in [6.45, 7) is 0. The molecule has 1 N–H and O–H groups in total. The summed E-state index contributed by atoms with van der Waals surface area (Å²) >= 11 is 10.7. The van der Waals surface area contributed by atoms with Gasteiger partial charge in [0.25, 0.3) is 0 Å². The number of benzene rings is 1. The molecule has 1 aromatic carbocycles. The zero-order valence-electron chi connectivity index (χ0n) is 9.69. The van der Waals surface area contributed by atoms with E-state index in [4.69, 9.17) is 16.3 Å². The Balaban J connectivity index is 2.20. The smallest absolute Gasteiger partial charge is 0.122 e. The van der Waals surface area contributed by atoms with E-state index in [0.29, 0.717) is 10.8 Å². The molecule has 0 bridgehead atoms. The van der Waals surface area contributed by atoms with Crippen LogP contribution in [0.25, 0.3) is 0 Å². The molecule has 0 aliphatic carbocycles. The van der Waals surface area contributed by atoms with Gasteiger partial charge in [0.15, 0.2) is 0 Å². The summed E-state index contributed by atoms with van der Waals surface area (Å²) in [7, 11) is 1.63. The van der Waals surface area contributed by atoms with Crippen LogP contribution < -0.4 is 4.74 Å². The van der Waals surface area contributed by atoms with E-state index < -0.39 is 6.10 Å². The standard InChI is InChI=1S/C13H12BrClO2S/c1-17-11-3-2-9(14)6-8(11)7-10(16)12-4-5-13(15)18-12/h2-6,10,16H,7H2,1H3. The molecule has 1 atom stereocenters. The fourth-order valence-corrected chi connectivity index (χ4v) is 3.18. The molecule has 0 radical (unpaired) electrons. The number of rotatable bonds is 4. The Morgan fingerprint density at radius 1 is 1.39 bits per heavy atom. The van der Waals surface area contributed by atoms with Crippen molar-refractivity contribution < 1.29 is 9.84 Å². The van der Waals surface area contributed by atoms with Crippen molar-refractivity contribution in [3.63, 3.8) is 0 Å². The lowest BCUT2D eigenvalue weighted by Crippen LogP contribution is -2.01. The van der Waals surface area contributed by atoms with Crippen molar-refractivity contribution in [1.29, 1.82) is 0 Å². The van der Waals surface area contributed by atoms with Crippen LogP contribution >= 0.6 is 38.9 Å². The summed E-state index contributed by atoms with van der Waals surface area (Å²) < 4.78 is 6.94. The molecule has 5 heteroatoms. The quantitative estimate of drug-likeness (QED) is 0.885. The highest BCUT2D eigenvalue weighted by atomic mass is 79.9. The van der Waals surface area contributed by atoms with Crippen molar-refractivity contribution in [2.75, 3.05) is 7.11 Å². The van der Waals surface area contributed by atoms with Gasteiger partial charge in [-0.25, -0.2) is 0 Å². The maximum absolute atomic E-state index is 10.2. The molecule has 0 fully saturated rings. The number of halogens is 2. The van der Waals surface area contributed by atoms with E-state index in [-0.39, 0.29) is 0 Å². The normalized spacial score (nSPS) is 12.4. The molecule has 0 spiro atoms. The minimum absolute atomic E-state index is 0.499. The highest BCUT2D eigenvalue weighted by Crippen LogP contribution is 2.32. The first-order valence-corrected chi connectivity index (χ1v) is 7.34. The van der Waals surface area contributed by atoms with E-state index in [1.165, 1.54) is 11.3 Å². The lowest BCUT2D eigenvalue weighted by molar-refractivity contribution is 0.181. The molecule has 1 unspecified atom stereocenters. The molecule has 2 rings (SSSR count). The Morgan fingerprint density at radius 2 is 2.17 bits per heavy atom. The van der Waals surface area contributed by atoms with Crippen LogP contribution in [0.15, 0.2) is 34.8 Å². The predicted molar refractivity (Wildman–Crippen MR) is 78.7 cm³/mol. The molecule has 1 heterocycles. The van der Waals surface area contributed by atoms with E-state index >= 15 is 0 Å². The molecule has 0 aliphatic rings. The van der Waals surface area contributed by atoms with Crippen molar-refractivity contribution in [2.45, 2.75) is 12.5 Å². The van der Waals surface area contributed by atoms with Crippen molar-refractivity contribution in [3.8, 4) is 5.75 Å². The molecule has 0 saturated carbocycles. The number of methoxy groups -OCH3 is 1. The number of hydrogen-bond donors (Lipinski definition) is 1. The lowest BCUT2D eigenvalue weighted by atomic mass is 10.1. The topological polar surface area (TPSA) is 29.5 Å². The molecule has 2 nitrogen and oxygen atoms in total. The third-order valence-corrected chi connectivity index (χ3v) is 4.40. The number of aliphatic hydroxyl groups is 1. The van der Waals surface area contributed by atoms with Crippen LogP contribution in [-0.4, -0.2) is 12.2 Å². The second-order valence-electron chi connectivity index (χ2n) is 3.82. The first kappa shape index (κ1) is 13.9. The van der Waals surface area contributed by atoms with Gasteiger partial charge in [0, 0.05) is 15.8 Å². The summed E-state index contributed by atoms with van der Waals surface area (Å²) in [5.74, 6) is 0.778. The van der Waals surface area contributed by atoms with Crippen molar-refractivity contribution in [1.82, 2.24) is 0 Å². The van der Waals surface area contributed by atoms with E-state index in [0.717, 1.165) is 20.7 Å². The van der Waals surface area contributed by atoms with Gasteiger partial charge in [0.1, 0.15) is 5.75 Å². The number of ether oxygens (including phenoxy) is 1. The van der Waals surface area contributed by atoms with Gasteiger partial charge in [-0.3, -0.25) is 0 Å². The van der Waals surface area contributed by atoms with Gasteiger partial charge in [0.2, 0.25) is 0 Å². The zero-order chi connectivity index (χ0) is 13.1. The zero-order valence-corrected chi connectivity index (χ0v) is 12.8. The number of hydrogen-bond acceptors (Lipinski definition) is 3. The Kier molecular flexibility index (Phi) is 4.67. The molecule has 0 saturated heterocycles. The van der Waals surface area contributed by atoms with Crippen LogP contribution in [0.2, 0.25) is 4.34 Å². The van der Waals surface area contributed by atoms with E-state index in [1.54, 1.807) is 13.2 Å². The van der Waals surface area contributed by atoms with Gasteiger partial charge >= 0.3 is 0 Å². The largest absolute Gasteiger partial charge is 0.496 e. The van der Waals surface area contributed by atoms with Crippen molar-refractivity contribution in [2.24, 2.45) is 0 Å². The number of thiophene rings is 1. The van der Waals surface area contributed by atoms with Gasteiger partial charge in [-0.2, -0.15) is 0 Å². The van der Waals surface area contributed by atoms with Crippen LogP contribution in [0.1, 0.15) is 16.5 Å². The van der Waals surface area contributed by atoms with Gasteiger partial charge in [-0.15, -0.1) is 11.3 Å². The summed E-state index contributed by atoms with van der Waals surface area (Å²) in [5.41, 5.74) is 0.962. The summed E-state index contributed by atoms with van der Waals surface area (Å²) in [5, 5.41) is 10.2. The predicted octanol–water partition coefficient (Wildman–Crippen LogP) is 4.45. The third-order valence-electron chi connectivity index (χ3n) is 2.58. The fourth-order valence-electron chi connectivity index (χ4n) is 1.72. The second kappa shape index (κ2) is 6.06. The van der Waals surface area contributed by atoms with E-state index in [2.05, 4.69) is 15.9 Å². The lowest BCUT2D eigenvalue weighted by Gasteiger charge is -2.12. The van der Waals surface area contributed by atoms with Gasteiger partial charge < -0.3 is 9.84 Å². The Bertz CT molecular complexity index is 542. The minimum Gasteiger partial charge on any atom is -0.496 e. The maximum atomic E-state index is 10.2. The summed E-state index contributed by atoms with van der Waals surface area (Å²) in [4.78, 5) is 0.863. The SMILES string of the molecule is COc1ccc(Br)cc1CC(O)c1ccc(Cl)s1. The summed E-state index contributed by atoms with van der Waals surface area (Å²) in [6, 6.07) is 9.40. The molecule has 1 aromatic heterocycles. The molecule has 0 amide bonds. The highest BCUT2D eigenvalue weighted by molar-refractivity contribution is 9.10. The third kappa shape index (κ3) is 3.26. The Morgan fingerprint density at radius 3 is 2.78 bits per heavy atom. The van der Waals surface area contributed by atoms with Crippen LogP contribution in [0, 0.1) is 0 Å². The first-order chi connectivity index (χ1) is 8.60. The molecule has 18 heavy (non-hydrogen) atoms. The van der Waals surface area contributed by atoms with E-state index in [1.807, 2.05) is 24.3 Å². The Labute approximate surface area is 123 Å². The maximum Gasteiger partial charge on any atom is 0.122 e. The highest BCUT2D eigenvalue weighted by Gasteiger charge is 2.14. The van der Waals surface area contributed by atoms with Crippen LogP contribution in [0.4, 0.5) is 0 Å².